The van der Waals surface area contributed by atoms with Crippen molar-refractivity contribution in [2.45, 2.75) is 16.7 Å². The van der Waals surface area contributed by atoms with E-state index in [0.717, 1.165) is 23.9 Å². The van der Waals surface area contributed by atoms with Crippen LogP contribution in [0.2, 0.25) is 5.02 Å². The second-order valence-corrected chi connectivity index (χ2v) is 6.91. The topological polar surface area (TPSA) is 12.0 Å². The third-order valence-electron chi connectivity index (χ3n) is 3.96. The molecule has 0 atom stereocenters. The molecule has 2 aromatic carbocycles. The van der Waals surface area contributed by atoms with E-state index < -0.39 is 0 Å². The van der Waals surface area contributed by atoms with Gasteiger partial charge in [-0.25, -0.2) is 0 Å². The molecule has 0 aromatic heterocycles. The molecule has 1 N–H and O–H groups in total. The van der Waals surface area contributed by atoms with Gasteiger partial charge < -0.3 is 5.32 Å². The number of hydrogen-bond donors (Lipinski definition) is 1. The van der Waals surface area contributed by atoms with Gasteiger partial charge in [-0.1, -0.05) is 41.9 Å². The highest BCUT2D eigenvalue weighted by Gasteiger charge is 2.38. The first-order chi connectivity index (χ1) is 9.78. The third kappa shape index (κ3) is 3.03. The highest BCUT2D eigenvalue weighted by molar-refractivity contribution is 7.99. The van der Waals surface area contributed by atoms with E-state index >= 15 is 0 Å². The zero-order valence-electron chi connectivity index (χ0n) is 11.3. The highest BCUT2D eigenvalue weighted by Crippen LogP contribution is 2.35. The zero-order chi connectivity index (χ0) is 13.8. The van der Waals surface area contributed by atoms with Gasteiger partial charge in [-0.2, -0.15) is 0 Å². The summed E-state index contributed by atoms with van der Waals surface area (Å²) in [5.74, 6) is 1.14. The lowest BCUT2D eigenvalue weighted by Crippen LogP contribution is -2.57. The maximum Gasteiger partial charge on any atom is 0.0408 e. The van der Waals surface area contributed by atoms with Crippen molar-refractivity contribution in [3.8, 4) is 0 Å². The fourth-order valence-corrected chi connectivity index (χ4v) is 3.92. The van der Waals surface area contributed by atoms with E-state index in [1.165, 1.54) is 16.9 Å². The Hall–Kier alpha value is -0.960. The first-order valence-electron chi connectivity index (χ1n) is 6.93. The van der Waals surface area contributed by atoms with E-state index in [9.17, 15) is 0 Å². The van der Waals surface area contributed by atoms with E-state index in [2.05, 4.69) is 53.8 Å². The van der Waals surface area contributed by atoms with Crippen LogP contribution in [0.4, 0.5) is 0 Å². The number of halogens is 1. The van der Waals surface area contributed by atoms with Gasteiger partial charge in [0.05, 0.1) is 0 Å². The van der Waals surface area contributed by atoms with Crippen LogP contribution in [0.1, 0.15) is 12.0 Å². The molecule has 2 aromatic rings. The number of benzene rings is 2. The minimum Gasteiger partial charge on any atom is -0.315 e. The standard InChI is InChI=1S/C17H18ClNS/c18-15-6-4-5-14(11-15)17(12-19-13-17)9-10-20-16-7-2-1-3-8-16/h1-8,11,19H,9-10,12-13H2. The molecule has 0 radical (unpaired) electrons. The molecule has 1 saturated heterocycles. The molecule has 0 spiro atoms. The molecule has 3 rings (SSSR count). The predicted molar refractivity (Wildman–Crippen MR) is 87.8 cm³/mol. The van der Waals surface area contributed by atoms with E-state index in [1.807, 2.05) is 17.8 Å². The van der Waals surface area contributed by atoms with E-state index in [0.29, 0.717) is 0 Å². The van der Waals surface area contributed by atoms with Crippen LogP contribution in [0.5, 0.6) is 0 Å². The number of nitrogens with one attached hydrogen (secondary N) is 1. The van der Waals surface area contributed by atoms with Crippen LogP contribution in [0.15, 0.2) is 59.5 Å². The lowest BCUT2D eigenvalue weighted by molar-refractivity contribution is 0.269. The Balaban J connectivity index is 1.65. The SMILES string of the molecule is Clc1cccc(C2(CCSc3ccccc3)CNC2)c1. The van der Waals surface area contributed by atoms with Crippen molar-refractivity contribution in [3.05, 3.63) is 65.2 Å². The van der Waals surface area contributed by atoms with Gasteiger partial charge >= 0.3 is 0 Å². The molecular weight excluding hydrogens is 286 g/mol. The van der Waals surface area contributed by atoms with Gasteiger partial charge in [0.1, 0.15) is 0 Å². The summed E-state index contributed by atoms with van der Waals surface area (Å²) in [5.41, 5.74) is 1.64. The summed E-state index contributed by atoms with van der Waals surface area (Å²) in [6.45, 7) is 2.12. The van der Waals surface area contributed by atoms with Crippen LogP contribution >= 0.6 is 23.4 Å². The van der Waals surface area contributed by atoms with E-state index in [-0.39, 0.29) is 5.41 Å². The minimum atomic E-state index is 0.271. The second kappa shape index (κ2) is 6.21. The molecule has 1 aliphatic rings. The normalized spacial score (nSPS) is 16.6. The maximum atomic E-state index is 6.14. The van der Waals surface area contributed by atoms with E-state index in [4.69, 9.17) is 11.6 Å². The van der Waals surface area contributed by atoms with Crippen molar-refractivity contribution in [1.29, 1.82) is 0 Å². The van der Waals surface area contributed by atoms with Gasteiger partial charge in [0.25, 0.3) is 0 Å². The molecule has 0 saturated carbocycles. The molecule has 0 unspecified atom stereocenters. The fraction of sp³-hybridized carbons (Fsp3) is 0.294. The summed E-state index contributed by atoms with van der Waals surface area (Å²) in [5, 5.41) is 4.25. The predicted octanol–water partition coefficient (Wildman–Crippen LogP) is 4.36. The van der Waals surface area contributed by atoms with Crippen molar-refractivity contribution in [2.24, 2.45) is 0 Å². The van der Waals surface area contributed by atoms with Gasteiger partial charge in [-0.05, 0) is 42.0 Å². The molecular formula is C17H18ClNS. The van der Waals surface area contributed by atoms with Crippen LogP contribution < -0.4 is 5.32 Å². The Morgan fingerprint density at radius 3 is 2.50 bits per heavy atom. The molecule has 1 heterocycles. The van der Waals surface area contributed by atoms with E-state index in [1.54, 1.807) is 0 Å². The lowest BCUT2D eigenvalue weighted by Gasteiger charge is -2.43. The fourth-order valence-electron chi connectivity index (χ4n) is 2.65. The quantitative estimate of drug-likeness (QED) is 0.824. The average Bonchev–Trinajstić information content (AvgIpc) is 2.43. The molecule has 0 bridgehead atoms. The average molecular weight is 304 g/mol. The minimum absolute atomic E-state index is 0.271. The summed E-state index contributed by atoms with van der Waals surface area (Å²) < 4.78 is 0. The first kappa shape index (κ1) is 14.0. The number of hydrogen-bond acceptors (Lipinski definition) is 2. The second-order valence-electron chi connectivity index (χ2n) is 5.31. The smallest absolute Gasteiger partial charge is 0.0408 e. The molecule has 1 aliphatic heterocycles. The van der Waals surface area contributed by atoms with Crippen LogP contribution in [-0.4, -0.2) is 18.8 Å². The lowest BCUT2D eigenvalue weighted by atomic mass is 9.73. The Bertz CT molecular complexity index is 566. The number of rotatable bonds is 5. The summed E-state index contributed by atoms with van der Waals surface area (Å²) in [6.07, 6.45) is 1.18. The molecule has 3 heteroatoms. The Labute approximate surface area is 129 Å². The zero-order valence-corrected chi connectivity index (χ0v) is 12.9. The van der Waals surface area contributed by atoms with Crippen molar-refractivity contribution in [2.75, 3.05) is 18.8 Å². The summed E-state index contributed by atoms with van der Waals surface area (Å²) in [7, 11) is 0. The monoisotopic (exact) mass is 303 g/mol. The van der Waals surface area contributed by atoms with Crippen molar-refractivity contribution < 1.29 is 0 Å². The van der Waals surface area contributed by atoms with Crippen LogP contribution in [-0.2, 0) is 5.41 Å². The number of thioether (sulfide) groups is 1. The Morgan fingerprint density at radius 2 is 1.85 bits per heavy atom. The Morgan fingerprint density at radius 1 is 1.05 bits per heavy atom. The van der Waals surface area contributed by atoms with Crippen LogP contribution in [0.3, 0.4) is 0 Å². The van der Waals surface area contributed by atoms with Gasteiger partial charge in [-0.3, -0.25) is 0 Å². The molecule has 0 amide bonds. The van der Waals surface area contributed by atoms with Gasteiger partial charge in [-0.15, -0.1) is 11.8 Å². The molecule has 0 aliphatic carbocycles. The summed E-state index contributed by atoms with van der Waals surface area (Å²) in [4.78, 5) is 1.35. The first-order valence-corrected chi connectivity index (χ1v) is 8.30. The van der Waals surface area contributed by atoms with Crippen LogP contribution in [0, 0.1) is 0 Å². The van der Waals surface area contributed by atoms with Crippen molar-refractivity contribution in [3.63, 3.8) is 0 Å². The molecule has 20 heavy (non-hydrogen) atoms. The van der Waals surface area contributed by atoms with Gasteiger partial charge in [0, 0.05) is 28.4 Å². The molecule has 1 fully saturated rings. The van der Waals surface area contributed by atoms with Gasteiger partial charge in [0.15, 0.2) is 0 Å². The van der Waals surface area contributed by atoms with Crippen LogP contribution in [0.25, 0.3) is 0 Å². The maximum absolute atomic E-state index is 6.14. The van der Waals surface area contributed by atoms with Gasteiger partial charge in [0.2, 0.25) is 0 Å². The van der Waals surface area contributed by atoms with Crippen molar-refractivity contribution >= 4 is 23.4 Å². The summed E-state index contributed by atoms with van der Waals surface area (Å²) in [6, 6.07) is 18.9. The Kier molecular flexibility index (Phi) is 4.35. The third-order valence-corrected chi connectivity index (χ3v) is 5.21. The molecule has 104 valence electrons. The highest BCUT2D eigenvalue weighted by atomic mass is 35.5. The van der Waals surface area contributed by atoms with Crippen molar-refractivity contribution in [1.82, 2.24) is 5.32 Å². The molecule has 1 nitrogen and oxygen atoms in total. The summed E-state index contributed by atoms with van der Waals surface area (Å²) >= 11 is 8.07. The largest absolute Gasteiger partial charge is 0.315 e.